The van der Waals surface area contributed by atoms with Gasteiger partial charge in [-0.25, -0.2) is 13.6 Å². The molecule has 1 aliphatic heterocycles. The van der Waals surface area contributed by atoms with Gasteiger partial charge in [0.15, 0.2) is 11.6 Å². The first-order chi connectivity index (χ1) is 11.2. The van der Waals surface area contributed by atoms with Crippen LogP contribution in [-0.4, -0.2) is 36.2 Å². The van der Waals surface area contributed by atoms with Gasteiger partial charge in [0.1, 0.15) is 5.60 Å². The van der Waals surface area contributed by atoms with Crippen LogP contribution in [0.2, 0.25) is 0 Å². The number of nitrogens with two attached hydrogens (primary N) is 1. The maximum Gasteiger partial charge on any atom is 0.410 e. The first kappa shape index (κ1) is 18.6. The largest absolute Gasteiger partial charge is 0.444 e. The third-order valence-electron chi connectivity index (χ3n) is 4.30. The molecule has 2 unspecified atom stereocenters. The van der Waals surface area contributed by atoms with Crippen molar-refractivity contribution in [3.63, 3.8) is 0 Å². The van der Waals surface area contributed by atoms with Crippen molar-refractivity contribution in [3.8, 4) is 0 Å². The molecule has 0 spiro atoms. The second-order valence-electron chi connectivity index (χ2n) is 7.34. The SMILES string of the molecule is CC(C)(C)OC(=O)N1CCCC(C(CN)c2ccc(F)c(F)c2)C1. The van der Waals surface area contributed by atoms with Crippen molar-refractivity contribution in [2.75, 3.05) is 19.6 Å². The van der Waals surface area contributed by atoms with Gasteiger partial charge in [0.2, 0.25) is 0 Å². The summed E-state index contributed by atoms with van der Waals surface area (Å²) in [6.07, 6.45) is 1.39. The highest BCUT2D eigenvalue weighted by atomic mass is 19.2. The molecule has 0 radical (unpaired) electrons. The van der Waals surface area contributed by atoms with E-state index < -0.39 is 17.2 Å². The molecule has 24 heavy (non-hydrogen) atoms. The van der Waals surface area contributed by atoms with Gasteiger partial charge in [0.05, 0.1) is 0 Å². The predicted molar refractivity (Wildman–Crippen MR) is 88.7 cm³/mol. The number of likely N-dealkylation sites (tertiary alicyclic amines) is 1. The van der Waals surface area contributed by atoms with Gasteiger partial charge in [-0.3, -0.25) is 0 Å². The maximum atomic E-state index is 13.5. The Morgan fingerprint density at radius 2 is 2.08 bits per heavy atom. The summed E-state index contributed by atoms with van der Waals surface area (Å²) in [6, 6.07) is 3.91. The summed E-state index contributed by atoms with van der Waals surface area (Å²) in [5, 5.41) is 0. The van der Waals surface area contributed by atoms with Crippen LogP contribution in [-0.2, 0) is 4.74 Å². The minimum absolute atomic E-state index is 0.0983. The smallest absolute Gasteiger partial charge is 0.410 e. The number of hydrogen-bond acceptors (Lipinski definition) is 3. The van der Waals surface area contributed by atoms with Gasteiger partial charge in [0.25, 0.3) is 0 Å². The van der Waals surface area contributed by atoms with Crippen molar-refractivity contribution in [3.05, 3.63) is 35.4 Å². The lowest BCUT2D eigenvalue weighted by Crippen LogP contribution is -2.45. The van der Waals surface area contributed by atoms with Crippen molar-refractivity contribution in [2.24, 2.45) is 11.7 Å². The van der Waals surface area contributed by atoms with Crippen LogP contribution in [0.1, 0.15) is 45.1 Å². The zero-order chi connectivity index (χ0) is 17.9. The Bertz CT molecular complexity index is 587. The number of hydrogen-bond donors (Lipinski definition) is 1. The maximum absolute atomic E-state index is 13.5. The van der Waals surface area contributed by atoms with Gasteiger partial charge in [-0.2, -0.15) is 0 Å². The van der Waals surface area contributed by atoms with E-state index in [-0.39, 0.29) is 17.9 Å². The number of carbonyl (C=O) groups excluding carboxylic acids is 1. The second-order valence-corrected chi connectivity index (χ2v) is 7.34. The number of rotatable bonds is 3. The second kappa shape index (κ2) is 7.47. The summed E-state index contributed by atoms with van der Waals surface area (Å²) in [7, 11) is 0. The van der Waals surface area contributed by atoms with E-state index in [1.165, 1.54) is 6.07 Å². The molecule has 0 saturated carbocycles. The predicted octanol–water partition coefficient (Wildman–Crippen LogP) is 3.65. The summed E-state index contributed by atoms with van der Waals surface area (Å²) in [6.45, 7) is 6.96. The van der Waals surface area contributed by atoms with Crippen molar-refractivity contribution in [1.82, 2.24) is 4.90 Å². The lowest BCUT2D eigenvalue weighted by molar-refractivity contribution is 0.0152. The van der Waals surface area contributed by atoms with Gasteiger partial charge in [0, 0.05) is 19.0 Å². The molecule has 0 aromatic heterocycles. The third kappa shape index (κ3) is 4.66. The Balaban J connectivity index is 2.11. The Hall–Kier alpha value is -1.69. The molecule has 6 heteroatoms. The Morgan fingerprint density at radius 1 is 1.38 bits per heavy atom. The van der Waals surface area contributed by atoms with Crippen molar-refractivity contribution in [2.45, 2.75) is 45.1 Å². The van der Waals surface area contributed by atoms with Crippen LogP contribution in [0.25, 0.3) is 0 Å². The highest BCUT2D eigenvalue weighted by Crippen LogP contribution is 2.32. The van der Waals surface area contributed by atoms with Crippen LogP contribution in [0.15, 0.2) is 18.2 Å². The molecule has 1 aromatic carbocycles. The number of carbonyl (C=O) groups is 1. The fourth-order valence-electron chi connectivity index (χ4n) is 3.17. The number of nitrogens with zero attached hydrogens (tertiary/aromatic N) is 1. The molecule has 1 amide bonds. The van der Waals surface area contributed by atoms with Crippen molar-refractivity contribution >= 4 is 6.09 Å². The number of piperidine rings is 1. The average molecular weight is 340 g/mol. The Kier molecular flexibility index (Phi) is 5.80. The fourth-order valence-corrected chi connectivity index (χ4v) is 3.17. The molecule has 4 nitrogen and oxygen atoms in total. The van der Waals surface area contributed by atoms with E-state index in [0.29, 0.717) is 25.2 Å². The monoisotopic (exact) mass is 340 g/mol. The third-order valence-corrected chi connectivity index (χ3v) is 4.30. The normalized spacial score (nSPS) is 19.9. The molecule has 2 atom stereocenters. The zero-order valence-corrected chi connectivity index (χ0v) is 14.5. The topological polar surface area (TPSA) is 55.6 Å². The summed E-state index contributed by atoms with van der Waals surface area (Å²) in [5.41, 5.74) is 6.03. The van der Waals surface area contributed by atoms with E-state index in [1.54, 1.807) is 11.0 Å². The molecule has 2 N–H and O–H groups in total. The standard InChI is InChI=1S/C18H26F2N2O2/c1-18(2,3)24-17(23)22-8-4-5-13(11-22)14(10-21)12-6-7-15(19)16(20)9-12/h6-7,9,13-14H,4-5,8,10-11,21H2,1-3H3. The lowest BCUT2D eigenvalue weighted by atomic mass is 9.81. The van der Waals surface area contributed by atoms with E-state index >= 15 is 0 Å². The molecule has 0 bridgehead atoms. The van der Waals surface area contributed by atoms with E-state index in [1.807, 2.05) is 20.8 Å². The summed E-state index contributed by atoms with van der Waals surface area (Å²) in [5.74, 6) is -1.76. The number of halogens is 2. The quantitative estimate of drug-likeness (QED) is 0.914. The van der Waals surface area contributed by atoms with Gasteiger partial charge in [-0.1, -0.05) is 6.07 Å². The molecular formula is C18H26F2N2O2. The van der Waals surface area contributed by atoms with Crippen LogP contribution >= 0.6 is 0 Å². The molecule has 2 rings (SSSR count). The lowest BCUT2D eigenvalue weighted by Gasteiger charge is -2.37. The molecule has 134 valence electrons. The zero-order valence-electron chi connectivity index (χ0n) is 14.5. The first-order valence-corrected chi connectivity index (χ1v) is 8.34. The molecule has 1 heterocycles. The van der Waals surface area contributed by atoms with Crippen LogP contribution in [0.4, 0.5) is 13.6 Å². The van der Waals surface area contributed by atoms with Gasteiger partial charge < -0.3 is 15.4 Å². The highest BCUT2D eigenvalue weighted by Gasteiger charge is 2.32. The van der Waals surface area contributed by atoms with Crippen LogP contribution in [0.5, 0.6) is 0 Å². The fraction of sp³-hybridized carbons (Fsp3) is 0.611. The first-order valence-electron chi connectivity index (χ1n) is 8.34. The summed E-state index contributed by atoms with van der Waals surface area (Å²) in [4.78, 5) is 14.0. The van der Waals surface area contributed by atoms with Crippen molar-refractivity contribution < 1.29 is 18.3 Å². The summed E-state index contributed by atoms with van der Waals surface area (Å²) < 4.78 is 32.1. The van der Waals surface area contributed by atoms with Crippen LogP contribution in [0, 0.1) is 17.6 Å². The van der Waals surface area contributed by atoms with Crippen LogP contribution < -0.4 is 5.73 Å². The van der Waals surface area contributed by atoms with Crippen LogP contribution in [0.3, 0.4) is 0 Å². The van der Waals surface area contributed by atoms with E-state index in [0.717, 1.165) is 18.9 Å². The minimum atomic E-state index is -0.870. The number of amides is 1. The molecular weight excluding hydrogens is 314 g/mol. The molecule has 1 aromatic rings. The van der Waals surface area contributed by atoms with Gasteiger partial charge in [-0.05, 0) is 63.8 Å². The van der Waals surface area contributed by atoms with Crippen molar-refractivity contribution in [1.29, 1.82) is 0 Å². The molecule has 0 aliphatic carbocycles. The van der Waals surface area contributed by atoms with E-state index in [4.69, 9.17) is 10.5 Å². The van der Waals surface area contributed by atoms with E-state index in [2.05, 4.69) is 0 Å². The average Bonchev–Trinajstić information content (AvgIpc) is 2.50. The number of benzene rings is 1. The molecule has 1 fully saturated rings. The summed E-state index contributed by atoms with van der Waals surface area (Å²) >= 11 is 0. The minimum Gasteiger partial charge on any atom is -0.444 e. The Morgan fingerprint density at radius 3 is 2.67 bits per heavy atom. The van der Waals surface area contributed by atoms with Gasteiger partial charge in [-0.15, -0.1) is 0 Å². The van der Waals surface area contributed by atoms with E-state index in [9.17, 15) is 13.6 Å². The Labute approximate surface area is 142 Å². The van der Waals surface area contributed by atoms with Gasteiger partial charge >= 0.3 is 6.09 Å². The number of ether oxygens (including phenoxy) is 1. The highest BCUT2D eigenvalue weighted by molar-refractivity contribution is 5.68. The molecule has 1 saturated heterocycles. The molecule has 1 aliphatic rings.